The zero-order chi connectivity index (χ0) is 18.1. The lowest BCUT2D eigenvalue weighted by Gasteiger charge is -2.18. The van der Waals surface area contributed by atoms with E-state index in [4.69, 9.17) is 16.3 Å². The lowest BCUT2D eigenvalue weighted by Crippen LogP contribution is -2.33. The van der Waals surface area contributed by atoms with E-state index in [9.17, 15) is 15.3 Å². The first kappa shape index (κ1) is 18.3. The summed E-state index contributed by atoms with van der Waals surface area (Å²) in [6.07, 6.45) is -0.954. The van der Waals surface area contributed by atoms with Crippen LogP contribution in [0.4, 0.5) is 5.82 Å². The molecule has 138 valence electrons. The molecule has 0 saturated carbocycles. The molecule has 0 amide bonds. The van der Waals surface area contributed by atoms with E-state index in [1.54, 1.807) is 0 Å². The second-order valence-electron chi connectivity index (χ2n) is 6.05. The third-order valence-electron chi connectivity index (χ3n) is 4.51. The lowest BCUT2D eigenvalue weighted by molar-refractivity contribution is -0.0511. The Morgan fingerprint density at radius 1 is 1.28 bits per heavy atom. The van der Waals surface area contributed by atoms with E-state index in [0.717, 1.165) is 12.8 Å². The maximum Gasteiger partial charge on any atom is 0.226 e. The summed E-state index contributed by atoms with van der Waals surface area (Å²) in [5, 5.41) is 32.8. The third-order valence-corrected chi connectivity index (χ3v) is 4.68. The molecule has 2 aromatic heterocycles. The molecule has 1 fully saturated rings. The van der Waals surface area contributed by atoms with Gasteiger partial charge in [0, 0.05) is 6.04 Å². The second-order valence-corrected chi connectivity index (χ2v) is 6.39. The number of rotatable bonds is 6. The smallest absolute Gasteiger partial charge is 0.226 e. The number of aromatic nitrogens is 4. The summed E-state index contributed by atoms with van der Waals surface area (Å²) in [5.41, 5.74) is 0.873. The molecular weight excluding hydrogens is 350 g/mol. The average Bonchev–Trinajstić information content (AvgIpc) is 3.14. The van der Waals surface area contributed by atoms with Gasteiger partial charge in [0.1, 0.15) is 18.3 Å². The Morgan fingerprint density at radius 2 is 2.00 bits per heavy atom. The van der Waals surface area contributed by atoms with Gasteiger partial charge in [-0.15, -0.1) is 0 Å². The van der Waals surface area contributed by atoms with Gasteiger partial charge in [0.25, 0.3) is 0 Å². The molecule has 0 spiro atoms. The summed E-state index contributed by atoms with van der Waals surface area (Å²) in [5.74, 6) is 0.509. The van der Waals surface area contributed by atoms with Crippen molar-refractivity contribution in [3.63, 3.8) is 0 Å². The molecule has 2 unspecified atom stereocenters. The zero-order valence-corrected chi connectivity index (χ0v) is 14.8. The highest BCUT2D eigenvalue weighted by Gasteiger charge is 2.44. The summed E-state index contributed by atoms with van der Waals surface area (Å²) in [7, 11) is 0. The summed E-state index contributed by atoms with van der Waals surface area (Å²) in [6.45, 7) is 3.73. The summed E-state index contributed by atoms with van der Waals surface area (Å²) >= 11 is 6.05. The average molecular weight is 372 g/mol. The van der Waals surface area contributed by atoms with Crippen molar-refractivity contribution >= 4 is 28.6 Å². The molecule has 4 N–H and O–H groups in total. The standard InChI is InChI=1S/C15H22ClN5O4/c1-3-7(4-2)18-12-9-13(20-15(16)19-12)21(6-17-9)14-11(24)10(23)8(5-22)25-14/h6-8,10-11,14,22-24H,3-5H2,1-2H3,(H,18,19,20)/t8-,10?,11?,14-/m1/s1. The van der Waals surface area contributed by atoms with Crippen molar-refractivity contribution in [1.29, 1.82) is 0 Å². The second kappa shape index (κ2) is 7.38. The Kier molecular flexibility index (Phi) is 5.40. The number of nitrogens with zero attached hydrogens (tertiary/aromatic N) is 4. The summed E-state index contributed by atoms with van der Waals surface area (Å²) in [6, 6.07) is 0.216. The van der Waals surface area contributed by atoms with Gasteiger partial charge in [-0.2, -0.15) is 9.97 Å². The number of anilines is 1. The first-order chi connectivity index (χ1) is 12.0. The molecule has 25 heavy (non-hydrogen) atoms. The van der Waals surface area contributed by atoms with Crippen molar-refractivity contribution in [3.8, 4) is 0 Å². The molecule has 1 aliphatic rings. The molecule has 0 aliphatic carbocycles. The van der Waals surface area contributed by atoms with Crippen molar-refractivity contribution in [2.75, 3.05) is 11.9 Å². The largest absolute Gasteiger partial charge is 0.394 e. The van der Waals surface area contributed by atoms with Crippen LogP contribution < -0.4 is 5.32 Å². The number of hydrogen-bond acceptors (Lipinski definition) is 8. The van der Waals surface area contributed by atoms with Crippen LogP contribution in [0.1, 0.15) is 32.9 Å². The van der Waals surface area contributed by atoms with Crippen molar-refractivity contribution in [1.82, 2.24) is 19.5 Å². The van der Waals surface area contributed by atoms with Crippen LogP contribution in [0, 0.1) is 0 Å². The zero-order valence-electron chi connectivity index (χ0n) is 14.0. The minimum Gasteiger partial charge on any atom is -0.394 e. The molecule has 1 saturated heterocycles. The van der Waals surface area contributed by atoms with E-state index in [1.807, 2.05) is 0 Å². The highest BCUT2D eigenvalue weighted by Crippen LogP contribution is 2.32. The molecule has 0 bridgehead atoms. The normalized spacial score (nSPS) is 26.7. The van der Waals surface area contributed by atoms with Crippen LogP contribution in [0.3, 0.4) is 0 Å². The number of fused-ring (bicyclic) bond motifs is 1. The molecule has 1 aliphatic heterocycles. The van der Waals surface area contributed by atoms with Crippen molar-refractivity contribution < 1.29 is 20.1 Å². The Balaban J connectivity index is 2.00. The minimum atomic E-state index is -1.22. The topological polar surface area (TPSA) is 126 Å². The van der Waals surface area contributed by atoms with E-state index < -0.39 is 31.1 Å². The fraction of sp³-hybridized carbons (Fsp3) is 0.667. The van der Waals surface area contributed by atoms with Crippen LogP contribution in [0.25, 0.3) is 11.2 Å². The van der Waals surface area contributed by atoms with Crippen molar-refractivity contribution in [2.45, 2.75) is 57.3 Å². The highest BCUT2D eigenvalue weighted by molar-refractivity contribution is 6.28. The molecular formula is C15H22ClN5O4. The molecule has 0 radical (unpaired) electrons. The third kappa shape index (κ3) is 3.30. The van der Waals surface area contributed by atoms with Gasteiger partial charge in [-0.05, 0) is 24.4 Å². The summed E-state index contributed by atoms with van der Waals surface area (Å²) < 4.78 is 7.03. The molecule has 3 rings (SSSR count). The molecule has 10 heteroatoms. The van der Waals surface area contributed by atoms with E-state index in [-0.39, 0.29) is 11.3 Å². The van der Waals surface area contributed by atoms with Gasteiger partial charge in [-0.1, -0.05) is 13.8 Å². The first-order valence-corrected chi connectivity index (χ1v) is 8.66. The highest BCUT2D eigenvalue weighted by atomic mass is 35.5. The van der Waals surface area contributed by atoms with Gasteiger partial charge in [0.15, 0.2) is 23.2 Å². The van der Waals surface area contributed by atoms with Gasteiger partial charge in [0.2, 0.25) is 5.28 Å². The predicted molar refractivity (Wildman–Crippen MR) is 91.3 cm³/mol. The van der Waals surface area contributed by atoms with E-state index in [2.05, 4.69) is 34.1 Å². The fourth-order valence-corrected chi connectivity index (χ4v) is 3.14. The Morgan fingerprint density at radius 3 is 2.60 bits per heavy atom. The number of halogens is 1. The van der Waals surface area contributed by atoms with Crippen LogP contribution in [0.5, 0.6) is 0 Å². The molecule has 0 aromatic carbocycles. The van der Waals surface area contributed by atoms with Crippen LogP contribution in [-0.4, -0.2) is 65.8 Å². The molecule has 4 atom stereocenters. The number of aliphatic hydroxyl groups excluding tert-OH is 3. The molecule has 3 heterocycles. The van der Waals surface area contributed by atoms with Crippen LogP contribution in [0.15, 0.2) is 6.33 Å². The minimum absolute atomic E-state index is 0.0365. The molecule has 2 aromatic rings. The fourth-order valence-electron chi connectivity index (χ4n) is 2.97. The summed E-state index contributed by atoms with van der Waals surface area (Å²) in [4.78, 5) is 12.7. The number of aliphatic hydroxyl groups is 3. The van der Waals surface area contributed by atoms with E-state index in [0.29, 0.717) is 17.0 Å². The van der Waals surface area contributed by atoms with Crippen LogP contribution >= 0.6 is 11.6 Å². The maximum absolute atomic E-state index is 10.2. The quantitative estimate of drug-likeness (QED) is 0.546. The lowest BCUT2D eigenvalue weighted by atomic mass is 10.1. The SMILES string of the molecule is CCC(CC)Nc1nc(Cl)nc2c1ncn2[C@@H]1O[C@H](CO)C(O)C1O. The number of nitrogens with one attached hydrogen (secondary N) is 1. The number of imidazole rings is 1. The number of ether oxygens (including phenoxy) is 1. The number of hydrogen-bond donors (Lipinski definition) is 4. The first-order valence-electron chi connectivity index (χ1n) is 8.29. The Hall–Kier alpha value is -1.52. The van der Waals surface area contributed by atoms with Gasteiger partial charge >= 0.3 is 0 Å². The van der Waals surface area contributed by atoms with E-state index >= 15 is 0 Å². The predicted octanol–water partition coefficient (Wildman–Crippen LogP) is 0.692. The van der Waals surface area contributed by atoms with Crippen molar-refractivity contribution in [3.05, 3.63) is 11.6 Å². The monoisotopic (exact) mass is 371 g/mol. The van der Waals surface area contributed by atoms with E-state index in [1.165, 1.54) is 10.9 Å². The van der Waals surface area contributed by atoms with Gasteiger partial charge < -0.3 is 25.4 Å². The molecule has 9 nitrogen and oxygen atoms in total. The van der Waals surface area contributed by atoms with Crippen molar-refractivity contribution in [2.24, 2.45) is 0 Å². The van der Waals surface area contributed by atoms with Crippen LogP contribution in [-0.2, 0) is 4.74 Å². The van der Waals surface area contributed by atoms with Gasteiger partial charge in [-0.3, -0.25) is 4.57 Å². The van der Waals surface area contributed by atoms with Crippen LogP contribution in [0.2, 0.25) is 5.28 Å². The Labute approximate surface area is 149 Å². The maximum atomic E-state index is 10.2. The van der Waals surface area contributed by atoms with Gasteiger partial charge in [0.05, 0.1) is 12.9 Å². The van der Waals surface area contributed by atoms with Gasteiger partial charge in [-0.25, -0.2) is 4.98 Å². The Bertz CT molecular complexity index is 738.